The van der Waals surface area contributed by atoms with Crippen LogP contribution in [-0.4, -0.2) is 35.6 Å². The fourth-order valence-electron chi connectivity index (χ4n) is 2.83. The molecule has 1 atom stereocenters. The Bertz CT molecular complexity index is 345. The van der Waals surface area contributed by atoms with Crippen molar-refractivity contribution in [2.24, 2.45) is 13.0 Å². The standard InChI is InChI=1S/C14H25N3O/c1-3-15-14(12-7-10-18-11-8-12)5-4-13-6-9-16-17(13)2/h6,9,12,14-15H,3-5,7-8,10-11H2,1-2H3. The quantitative estimate of drug-likeness (QED) is 0.837. The summed E-state index contributed by atoms with van der Waals surface area (Å²) in [6.45, 7) is 5.10. The van der Waals surface area contributed by atoms with Gasteiger partial charge in [0.15, 0.2) is 0 Å². The fourth-order valence-corrected chi connectivity index (χ4v) is 2.83. The molecule has 1 aliphatic rings. The van der Waals surface area contributed by atoms with E-state index in [1.165, 1.54) is 25.0 Å². The highest BCUT2D eigenvalue weighted by atomic mass is 16.5. The second-order valence-corrected chi connectivity index (χ2v) is 5.10. The molecule has 0 aromatic carbocycles. The van der Waals surface area contributed by atoms with Crippen LogP contribution < -0.4 is 5.32 Å². The minimum atomic E-state index is 0.619. The van der Waals surface area contributed by atoms with Crippen LogP contribution in [0.2, 0.25) is 0 Å². The van der Waals surface area contributed by atoms with E-state index in [0.717, 1.165) is 32.1 Å². The maximum absolute atomic E-state index is 5.46. The lowest BCUT2D eigenvalue weighted by molar-refractivity contribution is 0.0528. The van der Waals surface area contributed by atoms with Crippen molar-refractivity contribution in [1.82, 2.24) is 15.1 Å². The second kappa shape index (κ2) is 6.90. The van der Waals surface area contributed by atoms with Gasteiger partial charge in [0.05, 0.1) is 0 Å². The zero-order valence-electron chi connectivity index (χ0n) is 11.6. The van der Waals surface area contributed by atoms with Crippen molar-refractivity contribution in [3.05, 3.63) is 18.0 Å². The van der Waals surface area contributed by atoms with E-state index in [4.69, 9.17) is 4.74 Å². The van der Waals surface area contributed by atoms with Crippen LogP contribution in [-0.2, 0) is 18.2 Å². The van der Waals surface area contributed by atoms with E-state index in [1.807, 2.05) is 17.9 Å². The Kier molecular flexibility index (Phi) is 5.20. The van der Waals surface area contributed by atoms with E-state index in [2.05, 4.69) is 23.4 Å². The van der Waals surface area contributed by atoms with Gasteiger partial charge in [0.25, 0.3) is 0 Å². The summed E-state index contributed by atoms with van der Waals surface area (Å²) in [7, 11) is 2.02. The fraction of sp³-hybridized carbons (Fsp3) is 0.786. The highest BCUT2D eigenvalue weighted by molar-refractivity contribution is 5.00. The lowest BCUT2D eigenvalue weighted by Gasteiger charge is -2.31. The predicted octanol–water partition coefficient (Wildman–Crippen LogP) is 1.76. The molecule has 2 rings (SSSR count). The molecule has 1 aromatic heterocycles. The summed E-state index contributed by atoms with van der Waals surface area (Å²) in [5, 5.41) is 7.88. The van der Waals surface area contributed by atoms with Crippen molar-refractivity contribution in [3.8, 4) is 0 Å². The van der Waals surface area contributed by atoms with E-state index < -0.39 is 0 Å². The molecule has 102 valence electrons. The number of nitrogens with zero attached hydrogens (tertiary/aromatic N) is 2. The number of ether oxygens (including phenoxy) is 1. The monoisotopic (exact) mass is 251 g/mol. The first-order valence-corrected chi connectivity index (χ1v) is 7.09. The first-order valence-electron chi connectivity index (χ1n) is 7.09. The Morgan fingerprint density at radius 3 is 2.89 bits per heavy atom. The minimum absolute atomic E-state index is 0.619. The third kappa shape index (κ3) is 3.56. The highest BCUT2D eigenvalue weighted by Gasteiger charge is 2.23. The maximum Gasteiger partial charge on any atom is 0.0492 e. The Balaban J connectivity index is 1.87. The zero-order chi connectivity index (χ0) is 12.8. The molecule has 1 aromatic rings. The van der Waals surface area contributed by atoms with E-state index >= 15 is 0 Å². The van der Waals surface area contributed by atoms with Gasteiger partial charge in [-0.2, -0.15) is 5.10 Å². The van der Waals surface area contributed by atoms with Gasteiger partial charge in [-0.1, -0.05) is 6.92 Å². The first-order chi connectivity index (χ1) is 8.81. The first kappa shape index (κ1) is 13.6. The third-order valence-electron chi connectivity index (χ3n) is 3.94. The van der Waals surface area contributed by atoms with Gasteiger partial charge < -0.3 is 10.1 Å². The van der Waals surface area contributed by atoms with Crippen molar-refractivity contribution in [2.75, 3.05) is 19.8 Å². The number of aryl methyl sites for hydroxylation is 2. The van der Waals surface area contributed by atoms with Crippen molar-refractivity contribution in [2.45, 2.75) is 38.6 Å². The van der Waals surface area contributed by atoms with E-state index in [-0.39, 0.29) is 0 Å². The molecule has 0 saturated carbocycles. The minimum Gasteiger partial charge on any atom is -0.381 e. The Morgan fingerprint density at radius 1 is 1.50 bits per heavy atom. The van der Waals surface area contributed by atoms with E-state index in [0.29, 0.717) is 6.04 Å². The van der Waals surface area contributed by atoms with Gasteiger partial charge in [-0.25, -0.2) is 0 Å². The molecule has 1 aliphatic heterocycles. The molecule has 1 fully saturated rings. The van der Waals surface area contributed by atoms with Crippen LogP contribution >= 0.6 is 0 Å². The summed E-state index contributed by atoms with van der Waals surface area (Å²) >= 11 is 0. The topological polar surface area (TPSA) is 39.1 Å². The molecule has 2 heterocycles. The number of nitrogens with one attached hydrogen (secondary N) is 1. The molecule has 0 aliphatic carbocycles. The molecular formula is C14H25N3O. The van der Waals surface area contributed by atoms with Crippen LogP contribution in [0.3, 0.4) is 0 Å². The largest absolute Gasteiger partial charge is 0.381 e. The molecule has 0 amide bonds. The van der Waals surface area contributed by atoms with Crippen molar-refractivity contribution in [1.29, 1.82) is 0 Å². The average Bonchev–Trinajstić information content (AvgIpc) is 2.81. The van der Waals surface area contributed by atoms with Gasteiger partial charge >= 0.3 is 0 Å². The smallest absolute Gasteiger partial charge is 0.0492 e. The molecular weight excluding hydrogens is 226 g/mol. The molecule has 0 radical (unpaired) electrons. The Hall–Kier alpha value is -0.870. The van der Waals surface area contributed by atoms with Crippen LogP contribution in [0, 0.1) is 5.92 Å². The molecule has 0 spiro atoms. The van der Waals surface area contributed by atoms with E-state index in [9.17, 15) is 0 Å². The Morgan fingerprint density at radius 2 is 2.28 bits per heavy atom. The molecule has 1 saturated heterocycles. The van der Waals surface area contributed by atoms with Crippen molar-refractivity contribution in [3.63, 3.8) is 0 Å². The molecule has 4 nitrogen and oxygen atoms in total. The summed E-state index contributed by atoms with van der Waals surface area (Å²) < 4.78 is 7.43. The zero-order valence-corrected chi connectivity index (χ0v) is 11.6. The third-order valence-corrected chi connectivity index (χ3v) is 3.94. The van der Waals surface area contributed by atoms with Crippen molar-refractivity contribution < 1.29 is 4.74 Å². The van der Waals surface area contributed by atoms with Gasteiger partial charge in [-0.15, -0.1) is 0 Å². The number of aromatic nitrogens is 2. The molecule has 1 N–H and O–H groups in total. The van der Waals surface area contributed by atoms with Gasteiger partial charge in [0.1, 0.15) is 0 Å². The highest BCUT2D eigenvalue weighted by Crippen LogP contribution is 2.22. The predicted molar refractivity (Wildman–Crippen MR) is 72.5 cm³/mol. The Labute approximate surface area is 110 Å². The lowest BCUT2D eigenvalue weighted by atomic mass is 9.88. The van der Waals surface area contributed by atoms with Crippen LogP contribution in [0.15, 0.2) is 12.3 Å². The molecule has 1 unspecified atom stereocenters. The molecule has 18 heavy (non-hydrogen) atoms. The van der Waals surface area contributed by atoms with Crippen LogP contribution in [0.1, 0.15) is 31.9 Å². The summed E-state index contributed by atoms with van der Waals surface area (Å²) in [6, 6.07) is 2.74. The van der Waals surface area contributed by atoms with Crippen LogP contribution in [0.4, 0.5) is 0 Å². The SMILES string of the molecule is CCNC(CCc1ccnn1C)C1CCOCC1. The second-order valence-electron chi connectivity index (χ2n) is 5.10. The summed E-state index contributed by atoms with van der Waals surface area (Å²) in [5.41, 5.74) is 1.32. The van der Waals surface area contributed by atoms with Gasteiger partial charge in [-0.3, -0.25) is 4.68 Å². The number of rotatable bonds is 6. The van der Waals surface area contributed by atoms with Crippen LogP contribution in [0.25, 0.3) is 0 Å². The number of hydrogen-bond donors (Lipinski definition) is 1. The van der Waals surface area contributed by atoms with E-state index in [1.54, 1.807) is 0 Å². The molecule has 0 bridgehead atoms. The summed E-state index contributed by atoms with van der Waals surface area (Å²) in [5.74, 6) is 0.770. The van der Waals surface area contributed by atoms with Gasteiger partial charge in [0.2, 0.25) is 0 Å². The summed E-state index contributed by atoms with van der Waals surface area (Å²) in [6.07, 6.45) is 6.57. The maximum atomic E-state index is 5.46. The average molecular weight is 251 g/mol. The van der Waals surface area contributed by atoms with Gasteiger partial charge in [-0.05, 0) is 44.2 Å². The number of hydrogen-bond acceptors (Lipinski definition) is 3. The normalized spacial score (nSPS) is 19.0. The van der Waals surface area contributed by atoms with Crippen molar-refractivity contribution >= 4 is 0 Å². The van der Waals surface area contributed by atoms with Crippen LogP contribution in [0.5, 0.6) is 0 Å². The molecule has 4 heteroatoms. The van der Waals surface area contributed by atoms with Gasteiger partial charge in [0, 0.05) is 38.2 Å². The lowest BCUT2D eigenvalue weighted by Crippen LogP contribution is -2.39. The summed E-state index contributed by atoms with van der Waals surface area (Å²) in [4.78, 5) is 0.